The average molecular weight is 831 g/mol. The van der Waals surface area contributed by atoms with Crippen molar-refractivity contribution in [3.63, 3.8) is 0 Å². The van der Waals surface area contributed by atoms with Crippen LogP contribution in [-0.2, 0) is 19.1 Å². The first kappa shape index (κ1) is 57.4. The second-order valence-corrected chi connectivity index (χ2v) is 18.0. The second-order valence-electron chi connectivity index (χ2n) is 18.0. The van der Waals surface area contributed by atoms with Gasteiger partial charge in [0, 0.05) is 12.8 Å². The molecule has 0 radical (unpaired) electrons. The van der Waals surface area contributed by atoms with Crippen molar-refractivity contribution in [2.24, 2.45) is 0 Å². The molecule has 1 unspecified atom stereocenters. The highest BCUT2D eigenvalue weighted by Gasteiger charge is 2.16. The minimum absolute atomic E-state index is 0.0588. The van der Waals surface area contributed by atoms with Gasteiger partial charge in [-0.3, -0.25) is 9.59 Å². The van der Waals surface area contributed by atoms with Gasteiger partial charge >= 0.3 is 11.9 Å². The maximum atomic E-state index is 12.2. The van der Waals surface area contributed by atoms with Crippen LogP contribution in [0.25, 0.3) is 0 Å². The smallest absolute Gasteiger partial charge is 0.306 e. The molecule has 0 aromatic carbocycles. The van der Waals surface area contributed by atoms with Crippen molar-refractivity contribution in [3.05, 3.63) is 24.3 Å². The number of hydrogen-bond acceptors (Lipinski definition) is 5. The van der Waals surface area contributed by atoms with Gasteiger partial charge in [0.15, 0.2) is 6.10 Å². The first-order valence-corrected chi connectivity index (χ1v) is 26.4. The molecular formula is C54H102O5. The number of carbonyl (C=O) groups excluding carboxylic acids is 2. The molecule has 0 fully saturated rings. The molecule has 0 saturated heterocycles. The van der Waals surface area contributed by atoms with Gasteiger partial charge in [0.05, 0.1) is 6.61 Å². The summed E-state index contributed by atoms with van der Waals surface area (Å²) < 4.78 is 10.7. The molecule has 348 valence electrons. The summed E-state index contributed by atoms with van der Waals surface area (Å²) in [6, 6.07) is 0. The third kappa shape index (κ3) is 48.9. The Hall–Kier alpha value is -1.62. The highest BCUT2D eigenvalue weighted by molar-refractivity contribution is 5.70. The molecule has 1 atom stereocenters. The highest BCUT2D eigenvalue weighted by Crippen LogP contribution is 2.17. The maximum Gasteiger partial charge on any atom is 0.306 e. The Morgan fingerprint density at radius 2 is 0.678 bits per heavy atom. The largest absolute Gasteiger partial charge is 0.462 e. The summed E-state index contributed by atoms with van der Waals surface area (Å²) in [5.41, 5.74) is 0. The molecule has 0 saturated carbocycles. The normalized spacial score (nSPS) is 12.3. The zero-order chi connectivity index (χ0) is 42.8. The molecule has 0 aliphatic rings. The second kappa shape index (κ2) is 50.7. The Kier molecular flexibility index (Phi) is 49.3. The summed E-state index contributed by atoms with van der Waals surface area (Å²) >= 11 is 0. The van der Waals surface area contributed by atoms with Crippen molar-refractivity contribution in [1.29, 1.82) is 0 Å². The van der Waals surface area contributed by atoms with E-state index < -0.39 is 6.10 Å². The molecule has 1 N–H and O–H groups in total. The van der Waals surface area contributed by atoms with Crippen LogP contribution in [0.3, 0.4) is 0 Å². The quantitative estimate of drug-likeness (QED) is 0.0376. The van der Waals surface area contributed by atoms with E-state index in [0.717, 1.165) is 44.9 Å². The van der Waals surface area contributed by atoms with Gasteiger partial charge < -0.3 is 14.6 Å². The van der Waals surface area contributed by atoms with E-state index in [4.69, 9.17) is 9.47 Å². The number of carbonyl (C=O) groups is 2. The van der Waals surface area contributed by atoms with Crippen molar-refractivity contribution < 1.29 is 24.2 Å². The number of allylic oxidation sites excluding steroid dienone is 4. The third-order valence-electron chi connectivity index (χ3n) is 12.0. The molecule has 59 heavy (non-hydrogen) atoms. The van der Waals surface area contributed by atoms with Gasteiger partial charge in [-0.1, -0.05) is 256 Å². The van der Waals surface area contributed by atoms with E-state index in [1.165, 1.54) is 218 Å². The minimum atomic E-state index is -0.765. The van der Waals surface area contributed by atoms with E-state index >= 15 is 0 Å². The van der Waals surface area contributed by atoms with Crippen molar-refractivity contribution in [3.8, 4) is 0 Å². The molecule has 0 aliphatic heterocycles. The number of unbranched alkanes of at least 4 members (excludes halogenated alkanes) is 37. The van der Waals surface area contributed by atoms with Crippen LogP contribution >= 0.6 is 0 Å². The lowest BCUT2D eigenvalue weighted by molar-refractivity contribution is -0.161. The Bertz CT molecular complexity index is 897. The number of rotatable bonds is 49. The van der Waals surface area contributed by atoms with E-state index in [-0.39, 0.29) is 25.2 Å². The topological polar surface area (TPSA) is 72.8 Å². The summed E-state index contributed by atoms with van der Waals surface area (Å²) in [5.74, 6) is -0.574. The fraction of sp³-hybridized carbons (Fsp3) is 0.889. The Labute approximate surface area is 368 Å². The number of esters is 2. The molecule has 5 nitrogen and oxygen atoms in total. The minimum Gasteiger partial charge on any atom is -0.462 e. The fourth-order valence-corrected chi connectivity index (χ4v) is 8.00. The van der Waals surface area contributed by atoms with Gasteiger partial charge in [0.25, 0.3) is 0 Å². The van der Waals surface area contributed by atoms with Crippen molar-refractivity contribution >= 4 is 11.9 Å². The van der Waals surface area contributed by atoms with E-state index in [2.05, 4.69) is 38.2 Å². The molecule has 0 spiro atoms. The summed E-state index contributed by atoms with van der Waals surface area (Å²) in [6.45, 7) is 4.16. The zero-order valence-corrected chi connectivity index (χ0v) is 39.8. The maximum absolute atomic E-state index is 12.2. The van der Waals surface area contributed by atoms with Crippen LogP contribution in [0.2, 0.25) is 0 Å². The van der Waals surface area contributed by atoms with Crippen LogP contribution in [-0.4, -0.2) is 36.4 Å². The first-order chi connectivity index (χ1) is 29.1. The van der Waals surface area contributed by atoms with Gasteiger partial charge in [-0.2, -0.15) is 0 Å². The molecule has 0 aromatic rings. The third-order valence-corrected chi connectivity index (χ3v) is 12.0. The lowest BCUT2D eigenvalue weighted by atomic mass is 10.0. The van der Waals surface area contributed by atoms with Gasteiger partial charge in [-0.25, -0.2) is 0 Å². The van der Waals surface area contributed by atoms with Crippen LogP contribution in [0.4, 0.5) is 0 Å². The van der Waals surface area contributed by atoms with Crippen LogP contribution in [0.1, 0.15) is 290 Å². The van der Waals surface area contributed by atoms with Crippen LogP contribution in [0, 0.1) is 0 Å². The van der Waals surface area contributed by atoms with Gasteiger partial charge in [-0.15, -0.1) is 0 Å². The number of aliphatic hydroxyl groups excluding tert-OH is 1. The van der Waals surface area contributed by atoms with Crippen LogP contribution in [0.15, 0.2) is 24.3 Å². The lowest BCUT2D eigenvalue weighted by Crippen LogP contribution is -2.28. The number of aliphatic hydroxyl groups is 1. The molecule has 0 aliphatic carbocycles. The number of ether oxygens (including phenoxy) is 2. The summed E-state index contributed by atoms with van der Waals surface area (Å²) in [5, 5.41) is 9.60. The van der Waals surface area contributed by atoms with E-state index in [0.29, 0.717) is 12.8 Å². The molecule has 0 heterocycles. The molecule has 0 aromatic heterocycles. The van der Waals surface area contributed by atoms with Crippen LogP contribution in [0.5, 0.6) is 0 Å². The van der Waals surface area contributed by atoms with Gasteiger partial charge in [0.2, 0.25) is 0 Å². The Balaban J connectivity index is 3.38. The summed E-state index contributed by atoms with van der Waals surface area (Å²) in [4.78, 5) is 24.4. The summed E-state index contributed by atoms with van der Waals surface area (Å²) in [6.07, 6.45) is 63.0. The monoisotopic (exact) mass is 831 g/mol. The highest BCUT2D eigenvalue weighted by atomic mass is 16.6. The van der Waals surface area contributed by atoms with Gasteiger partial charge in [0.1, 0.15) is 6.61 Å². The number of hydrogen-bond donors (Lipinski definition) is 1. The standard InChI is InChI=1S/C54H102O5/c1-3-5-7-9-11-13-15-17-18-19-20-21-22-23-24-25-26-27-28-29-30-31-32-33-34-35-36-37-39-41-43-45-47-49-54(57)59-52(50-55)51-58-53(56)48-46-44-42-40-38-16-14-12-10-8-6-4-2/h15,17,19-20,52,55H,3-14,16,18,21-51H2,1-2H3/b17-15-,20-19-. The molecular weight excluding hydrogens is 729 g/mol. The van der Waals surface area contributed by atoms with Crippen molar-refractivity contribution in [2.75, 3.05) is 13.2 Å². The molecule has 5 heteroatoms. The van der Waals surface area contributed by atoms with Crippen LogP contribution < -0.4 is 0 Å². The van der Waals surface area contributed by atoms with Crippen molar-refractivity contribution in [1.82, 2.24) is 0 Å². The SMILES string of the molecule is CCCCCCC/C=C\C/C=C\CCCCCCCCCCCCCCCCCCCCCCCC(=O)OC(CO)COC(=O)CCCCCCCCCCCCCC. The molecule has 0 bridgehead atoms. The summed E-state index contributed by atoms with van der Waals surface area (Å²) in [7, 11) is 0. The van der Waals surface area contributed by atoms with Crippen molar-refractivity contribution in [2.45, 2.75) is 296 Å². The Morgan fingerprint density at radius 1 is 0.390 bits per heavy atom. The Morgan fingerprint density at radius 3 is 1.00 bits per heavy atom. The molecule has 0 amide bonds. The average Bonchev–Trinajstić information content (AvgIpc) is 3.24. The first-order valence-electron chi connectivity index (χ1n) is 26.4. The van der Waals surface area contributed by atoms with Gasteiger partial charge in [-0.05, 0) is 44.9 Å². The predicted octanol–water partition coefficient (Wildman–Crippen LogP) is 17.4. The fourth-order valence-electron chi connectivity index (χ4n) is 8.00. The molecule has 0 rings (SSSR count). The van der Waals surface area contributed by atoms with E-state index in [1.807, 2.05) is 0 Å². The van der Waals surface area contributed by atoms with E-state index in [1.54, 1.807) is 0 Å². The van der Waals surface area contributed by atoms with E-state index in [9.17, 15) is 14.7 Å². The zero-order valence-electron chi connectivity index (χ0n) is 39.8. The predicted molar refractivity (Wildman–Crippen MR) is 256 cm³/mol. The lowest BCUT2D eigenvalue weighted by Gasteiger charge is -2.15.